The Hall–Kier alpha value is -2.43. The number of pyridine rings is 2. The molecule has 1 atom stereocenters. The van der Waals surface area contributed by atoms with Gasteiger partial charge in [0, 0.05) is 25.5 Å². The van der Waals surface area contributed by atoms with Crippen LogP contribution in [0.1, 0.15) is 25.1 Å². The first-order valence-electron chi connectivity index (χ1n) is 6.95. The van der Waals surface area contributed by atoms with Crippen molar-refractivity contribution < 1.29 is 4.79 Å². The molecular weight excluding hydrogens is 266 g/mol. The number of aromatic nitrogens is 2. The lowest BCUT2D eigenvalue weighted by Gasteiger charge is -2.27. The predicted octanol–water partition coefficient (Wildman–Crippen LogP) is 1.85. The summed E-state index contributed by atoms with van der Waals surface area (Å²) in [6, 6.07) is 10.4. The van der Waals surface area contributed by atoms with Crippen LogP contribution in [-0.2, 0) is 11.3 Å². The quantitative estimate of drug-likeness (QED) is 0.842. The molecule has 110 valence electrons. The van der Waals surface area contributed by atoms with E-state index in [0.29, 0.717) is 0 Å². The number of nitrogens with zero attached hydrogens (tertiary/aromatic N) is 3. The van der Waals surface area contributed by atoms with Gasteiger partial charge in [-0.05, 0) is 24.6 Å². The third kappa shape index (κ3) is 3.56. The lowest BCUT2D eigenvalue weighted by molar-refractivity contribution is -0.133. The molecule has 0 aliphatic carbocycles. The van der Waals surface area contributed by atoms with Crippen LogP contribution in [0.2, 0.25) is 0 Å². The second kappa shape index (κ2) is 6.83. The van der Waals surface area contributed by atoms with E-state index in [1.165, 1.54) is 10.6 Å². The summed E-state index contributed by atoms with van der Waals surface area (Å²) in [5.41, 5.74) is 0.682. The highest BCUT2D eigenvalue weighted by Crippen LogP contribution is 2.20. The van der Waals surface area contributed by atoms with E-state index in [2.05, 4.69) is 4.98 Å². The number of carbonyl (C=O) groups is 1. The summed E-state index contributed by atoms with van der Waals surface area (Å²) < 4.78 is 1.41. The molecule has 0 saturated heterocycles. The standard InChI is InChI=1S/C16H19N3O2/c1-3-14(13-8-4-6-10-17-13)18(2)16(21)12-19-11-7-5-9-15(19)20/h4-11,14H,3,12H2,1-2H3. The predicted molar refractivity (Wildman–Crippen MR) is 80.7 cm³/mol. The largest absolute Gasteiger partial charge is 0.336 e. The van der Waals surface area contributed by atoms with Crippen LogP contribution in [0.4, 0.5) is 0 Å². The molecule has 2 aromatic rings. The fraction of sp³-hybridized carbons (Fsp3) is 0.312. The Balaban J connectivity index is 2.15. The third-order valence-corrected chi connectivity index (χ3v) is 3.48. The molecule has 0 bridgehead atoms. The summed E-state index contributed by atoms with van der Waals surface area (Å²) in [5, 5.41) is 0. The SMILES string of the molecule is CCC(c1ccccn1)N(C)C(=O)Cn1ccccc1=O. The van der Waals surface area contributed by atoms with Gasteiger partial charge in [-0.3, -0.25) is 14.6 Å². The van der Waals surface area contributed by atoms with E-state index in [1.54, 1.807) is 36.5 Å². The van der Waals surface area contributed by atoms with Gasteiger partial charge >= 0.3 is 0 Å². The molecule has 0 aliphatic rings. The first-order valence-corrected chi connectivity index (χ1v) is 6.95. The smallest absolute Gasteiger partial charge is 0.250 e. The zero-order chi connectivity index (χ0) is 15.2. The van der Waals surface area contributed by atoms with Crippen LogP contribution in [-0.4, -0.2) is 27.4 Å². The van der Waals surface area contributed by atoms with E-state index < -0.39 is 0 Å². The van der Waals surface area contributed by atoms with Crippen LogP contribution in [0.3, 0.4) is 0 Å². The van der Waals surface area contributed by atoms with Gasteiger partial charge in [0.05, 0.1) is 11.7 Å². The molecule has 2 aromatic heterocycles. The maximum atomic E-state index is 12.4. The average molecular weight is 285 g/mol. The van der Waals surface area contributed by atoms with Crippen LogP contribution in [0.5, 0.6) is 0 Å². The van der Waals surface area contributed by atoms with E-state index >= 15 is 0 Å². The number of carbonyl (C=O) groups excluding carboxylic acids is 1. The van der Waals surface area contributed by atoms with Gasteiger partial charge in [-0.2, -0.15) is 0 Å². The molecule has 2 heterocycles. The van der Waals surface area contributed by atoms with Crippen LogP contribution in [0.15, 0.2) is 53.6 Å². The van der Waals surface area contributed by atoms with Crippen molar-refractivity contribution in [3.63, 3.8) is 0 Å². The molecule has 5 nitrogen and oxygen atoms in total. The number of likely N-dealkylation sites (N-methyl/N-ethyl adjacent to an activating group) is 1. The lowest BCUT2D eigenvalue weighted by atomic mass is 10.1. The van der Waals surface area contributed by atoms with Crippen molar-refractivity contribution in [2.24, 2.45) is 0 Å². The van der Waals surface area contributed by atoms with Crippen LogP contribution < -0.4 is 5.56 Å². The first-order chi connectivity index (χ1) is 10.1. The summed E-state index contributed by atoms with van der Waals surface area (Å²) in [7, 11) is 1.75. The topological polar surface area (TPSA) is 55.2 Å². The molecule has 1 unspecified atom stereocenters. The van der Waals surface area contributed by atoms with Gasteiger partial charge < -0.3 is 9.47 Å². The molecule has 0 aromatic carbocycles. The average Bonchev–Trinajstić information content (AvgIpc) is 2.51. The van der Waals surface area contributed by atoms with Crippen molar-refractivity contribution in [2.45, 2.75) is 25.9 Å². The van der Waals surface area contributed by atoms with Crippen LogP contribution in [0.25, 0.3) is 0 Å². The highest BCUT2D eigenvalue weighted by Gasteiger charge is 2.21. The normalized spacial score (nSPS) is 11.9. The molecule has 5 heteroatoms. The van der Waals surface area contributed by atoms with Gasteiger partial charge in [0.25, 0.3) is 5.56 Å². The van der Waals surface area contributed by atoms with Gasteiger partial charge in [-0.15, -0.1) is 0 Å². The number of amides is 1. The van der Waals surface area contributed by atoms with Crippen molar-refractivity contribution in [1.29, 1.82) is 0 Å². The van der Waals surface area contributed by atoms with Crippen molar-refractivity contribution in [3.8, 4) is 0 Å². The first kappa shape index (κ1) is 15.0. The number of hydrogen-bond donors (Lipinski definition) is 0. The third-order valence-electron chi connectivity index (χ3n) is 3.48. The Kier molecular flexibility index (Phi) is 4.87. The zero-order valence-corrected chi connectivity index (χ0v) is 12.3. The maximum Gasteiger partial charge on any atom is 0.250 e. The van der Waals surface area contributed by atoms with Gasteiger partial charge in [-0.1, -0.05) is 19.1 Å². The Morgan fingerprint density at radius 1 is 1.29 bits per heavy atom. The molecule has 21 heavy (non-hydrogen) atoms. The summed E-state index contributed by atoms with van der Waals surface area (Å²) in [5.74, 6) is -0.110. The Morgan fingerprint density at radius 2 is 2.05 bits per heavy atom. The van der Waals surface area contributed by atoms with E-state index in [4.69, 9.17) is 0 Å². The molecule has 0 aliphatic heterocycles. The minimum atomic E-state index is -0.176. The van der Waals surface area contributed by atoms with Gasteiger partial charge in [0.1, 0.15) is 6.54 Å². The number of hydrogen-bond acceptors (Lipinski definition) is 3. The van der Waals surface area contributed by atoms with Crippen LogP contribution >= 0.6 is 0 Å². The summed E-state index contributed by atoms with van der Waals surface area (Å²) in [6.07, 6.45) is 4.11. The molecular formula is C16H19N3O2. The highest BCUT2D eigenvalue weighted by molar-refractivity contribution is 5.76. The van der Waals surface area contributed by atoms with Gasteiger partial charge in [-0.25, -0.2) is 0 Å². The fourth-order valence-electron chi connectivity index (χ4n) is 2.28. The van der Waals surface area contributed by atoms with E-state index in [-0.39, 0.29) is 24.1 Å². The summed E-state index contributed by atoms with van der Waals surface area (Å²) in [6.45, 7) is 2.05. The minimum Gasteiger partial charge on any atom is -0.336 e. The van der Waals surface area contributed by atoms with E-state index in [9.17, 15) is 9.59 Å². The van der Waals surface area contributed by atoms with Crippen molar-refractivity contribution in [2.75, 3.05) is 7.05 Å². The fourth-order valence-corrected chi connectivity index (χ4v) is 2.28. The second-order valence-electron chi connectivity index (χ2n) is 4.85. The Morgan fingerprint density at radius 3 is 2.67 bits per heavy atom. The molecule has 0 spiro atoms. The molecule has 0 N–H and O–H groups in total. The number of rotatable bonds is 5. The maximum absolute atomic E-state index is 12.4. The van der Waals surface area contributed by atoms with E-state index in [0.717, 1.165) is 12.1 Å². The Bertz CT molecular complexity index is 652. The zero-order valence-electron chi connectivity index (χ0n) is 12.3. The Labute approximate surface area is 123 Å². The van der Waals surface area contributed by atoms with Crippen molar-refractivity contribution >= 4 is 5.91 Å². The van der Waals surface area contributed by atoms with Crippen molar-refractivity contribution in [3.05, 3.63) is 64.8 Å². The second-order valence-corrected chi connectivity index (χ2v) is 4.85. The summed E-state index contributed by atoms with van der Waals surface area (Å²) in [4.78, 5) is 30.0. The lowest BCUT2D eigenvalue weighted by Crippen LogP contribution is -2.36. The van der Waals surface area contributed by atoms with Gasteiger partial charge in [0.2, 0.25) is 5.91 Å². The summed E-state index contributed by atoms with van der Waals surface area (Å²) >= 11 is 0. The van der Waals surface area contributed by atoms with Crippen molar-refractivity contribution in [1.82, 2.24) is 14.5 Å². The minimum absolute atomic E-state index is 0.0412. The molecule has 2 rings (SSSR count). The molecule has 1 amide bonds. The van der Waals surface area contributed by atoms with E-state index in [1.807, 2.05) is 25.1 Å². The molecule has 0 fully saturated rings. The monoisotopic (exact) mass is 285 g/mol. The van der Waals surface area contributed by atoms with Crippen LogP contribution in [0, 0.1) is 0 Å². The highest BCUT2D eigenvalue weighted by atomic mass is 16.2. The molecule has 0 saturated carbocycles. The van der Waals surface area contributed by atoms with Gasteiger partial charge in [0.15, 0.2) is 0 Å². The molecule has 0 radical (unpaired) electrons.